The molecule has 1 unspecified atom stereocenters. The first-order valence-electron chi connectivity index (χ1n) is 4.85. The van der Waals surface area contributed by atoms with E-state index in [4.69, 9.17) is 5.11 Å². The van der Waals surface area contributed by atoms with Crippen LogP contribution in [0.15, 0.2) is 23.1 Å². The van der Waals surface area contributed by atoms with Crippen LogP contribution >= 0.6 is 28.6 Å². The molecule has 2 N–H and O–H groups in total. The first-order valence-corrected chi connectivity index (χ1v) is 6.41. The molecule has 0 aliphatic rings. The summed E-state index contributed by atoms with van der Waals surface area (Å²) in [5, 5.41) is 19.0. The smallest absolute Gasteiger partial charge is 0.337 e. The van der Waals surface area contributed by atoms with Crippen molar-refractivity contribution in [3.63, 3.8) is 0 Å². The number of carboxylic acids is 1. The molecule has 0 aliphatic heterocycles. The molecule has 0 heterocycles. The maximum atomic E-state index is 10.6. The van der Waals surface area contributed by atoms with Gasteiger partial charge in [0.25, 0.3) is 0 Å². The lowest BCUT2D eigenvalue weighted by atomic mass is 10.0. The van der Waals surface area contributed by atoms with E-state index in [9.17, 15) is 9.90 Å². The second kappa shape index (κ2) is 6.27. The van der Waals surface area contributed by atoms with Gasteiger partial charge in [-0.05, 0) is 30.0 Å². The molecular formula is C11H13BrO3S. The van der Waals surface area contributed by atoms with E-state index in [2.05, 4.69) is 28.6 Å². The zero-order chi connectivity index (χ0) is 12.1. The minimum Gasteiger partial charge on any atom is -0.479 e. The van der Waals surface area contributed by atoms with E-state index in [1.807, 2.05) is 0 Å². The number of carbonyl (C=O) groups is 1. The van der Waals surface area contributed by atoms with Gasteiger partial charge in [0.05, 0.1) is 0 Å². The second-order valence-electron chi connectivity index (χ2n) is 3.42. The largest absolute Gasteiger partial charge is 0.479 e. The molecule has 0 spiro atoms. The van der Waals surface area contributed by atoms with Crippen molar-refractivity contribution in [1.29, 1.82) is 0 Å². The van der Waals surface area contributed by atoms with E-state index in [0.29, 0.717) is 5.56 Å². The molecule has 0 fully saturated rings. The van der Waals surface area contributed by atoms with Crippen LogP contribution in [0, 0.1) is 0 Å². The Bertz CT molecular complexity index is 381. The highest BCUT2D eigenvalue weighted by molar-refractivity contribution is 9.09. The summed E-state index contributed by atoms with van der Waals surface area (Å²) in [6.07, 6.45) is 0.293. The van der Waals surface area contributed by atoms with Crippen molar-refractivity contribution in [1.82, 2.24) is 0 Å². The predicted molar refractivity (Wildman–Crippen MR) is 68.4 cm³/mol. The normalized spacial score (nSPS) is 12.4. The Labute approximate surface area is 108 Å². The molecule has 1 rings (SSSR count). The van der Waals surface area contributed by atoms with Crippen LogP contribution in [-0.4, -0.2) is 21.5 Å². The Hall–Kier alpha value is -0.520. The second-order valence-corrected chi connectivity index (χ2v) is 4.70. The molecule has 16 heavy (non-hydrogen) atoms. The van der Waals surface area contributed by atoms with Gasteiger partial charge in [0.15, 0.2) is 6.10 Å². The quantitative estimate of drug-likeness (QED) is 0.578. The van der Waals surface area contributed by atoms with Gasteiger partial charge in [-0.15, -0.1) is 12.6 Å². The highest BCUT2D eigenvalue weighted by Gasteiger charge is 2.16. The lowest BCUT2D eigenvalue weighted by Gasteiger charge is -2.10. The zero-order valence-electron chi connectivity index (χ0n) is 8.56. The fourth-order valence-electron chi connectivity index (χ4n) is 1.38. The van der Waals surface area contributed by atoms with Gasteiger partial charge in [-0.3, -0.25) is 0 Å². The molecule has 88 valence electrons. The molecule has 0 radical (unpaired) electrons. The summed E-state index contributed by atoms with van der Waals surface area (Å²) in [7, 11) is 0. The Morgan fingerprint density at radius 3 is 2.75 bits per heavy atom. The third kappa shape index (κ3) is 3.50. The van der Waals surface area contributed by atoms with Crippen molar-refractivity contribution in [3.05, 3.63) is 29.3 Å². The Kier molecular flexibility index (Phi) is 5.31. The number of halogens is 1. The van der Waals surface area contributed by atoms with Gasteiger partial charge in [0, 0.05) is 10.2 Å². The van der Waals surface area contributed by atoms with E-state index < -0.39 is 12.1 Å². The number of aliphatic hydroxyl groups is 1. The van der Waals surface area contributed by atoms with Crippen LogP contribution in [0.2, 0.25) is 0 Å². The number of carboxylic acid groups (broad SMARTS) is 1. The Balaban J connectivity index is 2.92. The van der Waals surface area contributed by atoms with Gasteiger partial charge in [0.1, 0.15) is 0 Å². The monoisotopic (exact) mass is 304 g/mol. The average molecular weight is 305 g/mol. The van der Waals surface area contributed by atoms with Crippen LogP contribution in [0.5, 0.6) is 0 Å². The number of alkyl halides is 1. The highest BCUT2D eigenvalue weighted by Crippen LogP contribution is 2.22. The Morgan fingerprint density at radius 2 is 2.19 bits per heavy atom. The van der Waals surface area contributed by atoms with Gasteiger partial charge in [0.2, 0.25) is 0 Å². The fraction of sp³-hybridized carbons (Fsp3) is 0.364. The summed E-state index contributed by atoms with van der Waals surface area (Å²) in [6, 6.07) is 5.00. The van der Waals surface area contributed by atoms with Crippen molar-refractivity contribution in [2.75, 3.05) is 5.33 Å². The minimum atomic E-state index is -1.46. The number of thiol groups is 1. The maximum Gasteiger partial charge on any atom is 0.337 e. The molecular weight excluding hydrogens is 292 g/mol. The lowest BCUT2D eigenvalue weighted by molar-refractivity contribution is -0.146. The molecule has 3 nitrogen and oxygen atoms in total. The third-order valence-electron chi connectivity index (χ3n) is 2.23. The molecule has 0 bridgehead atoms. The molecule has 0 amide bonds. The molecule has 0 saturated carbocycles. The van der Waals surface area contributed by atoms with Crippen LogP contribution in [0.25, 0.3) is 0 Å². The van der Waals surface area contributed by atoms with Gasteiger partial charge in [-0.25, -0.2) is 4.79 Å². The molecule has 5 heteroatoms. The summed E-state index contributed by atoms with van der Waals surface area (Å²) in [6.45, 7) is 0. The summed E-state index contributed by atoms with van der Waals surface area (Å²) in [4.78, 5) is 11.5. The van der Waals surface area contributed by atoms with Gasteiger partial charge < -0.3 is 10.2 Å². The van der Waals surface area contributed by atoms with Gasteiger partial charge >= 0.3 is 5.97 Å². The summed E-state index contributed by atoms with van der Waals surface area (Å²) in [5.74, 6) is -1.24. The van der Waals surface area contributed by atoms with Crippen LogP contribution < -0.4 is 0 Å². The molecule has 1 aromatic rings. The number of aliphatic carboxylic acids is 1. The van der Waals surface area contributed by atoms with Crippen LogP contribution in [-0.2, 0) is 11.2 Å². The van der Waals surface area contributed by atoms with Crippen molar-refractivity contribution in [2.45, 2.75) is 23.8 Å². The third-order valence-corrected chi connectivity index (χ3v) is 3.23. The summed E-state index contributed by atoms with van der Waals surface area (Å²) >= 11 is 7.63. The fourth-order valence-corrected chi connectivity index (χ4v) is 1.91. The standard InChI is InChI=1S/C11H13BrO3S/c12-5-1-2-7-6-8(3-4-9(7)16)10(13)11(14)15/h3-4,6,10,13,16H,1-2,5H2,(H,14,15). The zero-order valence-corrected chi connectivity index (χ0v) is 11.0. The number of hydrogen-bond acceptors (Lipinski definition) is 3. The van der Waals surface area contributed by atoms with Crippen LogP contribution in [0.4, 0.5) is 0 Å². The minimum absolute atomic E-state index is 0.398. The average Bonchev–Trinajstić information content (AvgIpc) is 2.27. The molecule has 0 saturated heterocycles. The SMILES string of the molecule is O=C(O)C(O)c1ccc(S)c(CCCBr)c1. The van der Waals surface area contributed by atoms with Crippen molar-refractivity contribution < 1.29 is 15.0 Å². The van der Waals surface area contributed by atoms with Crippen molar-refractivity contribution in [3.8, 4) is 0 Å². The van der Waals surface area contributed by atoms with E-state index in [1.165, 1.54) is 0 Å². The lowest BCUT2D eigenvalue weighted by Crippen LogP contribution is -2.10. The van der Waals surface area contributed by atoms with Crippen molar-refractivity contribution in [2.24, 2.45) is 0 Å². The first-order chi connectivity index (χ1) is 7.56. The van der Waals surface area contributed by atoms with Gasteiger partial charge in [-0.1, -0.05) is 28.1 Å². The topological polar surface area (TPSA) is 57.5 Å². The molecule has 0 aliphatic carbocycles. The highest BCUT2D eigenvalue weighted by atomic mass is 79.9. The number of benzene rings is 1. The van der Waals surface area contributed by atoms with Crippen LogP contribution in [0.1, 0.15) is 23.7 Å². The number of aryl methyl sites for hydroxylation is 1. The number of hydrogen-bond donors (Lipinski definition) is 3. The maximum absolute atomic E-state index is 10.6. The van der Waals surface area contributed by atoms with Crippen molar-refractivity contribution >= 4 is 34.5 Å². The van der Waals surface area contributed by atoms with Crippen LogP contribution in [0.3, 0.4) is 0 Å². The van der Waals surface area contributed by atoms with E-state index in [0.717, 1.165) is 28.6 Å². The molecule has 1 aromatic carbocycles. The molecule has 0 aromatic heterocycles. The van der Waals surface area contributed by atoms with E-state index in [-0.39, 0.29) is 0 Å². The number of rotatable bonds is 5. The van der Waals surface area contributed by atoms with E-state index in [1.54, 1.807) is 18.2 Å². The summed E-state index contributed by atoms with van der Waals surface area (Å²) in [5.41, 5.74) is 1.36. The first kappa shape index (κ1) is 13.5. The van der Waals surface area contributed by atoms with E-state index >= 15 is 0 Å². The predicted octanol–water partition coefficient (Wildman–Crippen LogP) is 2.42. The molecule has 1 atom stereocenters. The Morgan fingerprint density at radius 1 is 1.50 bits per heavy atom. The number of aliphatic hydroxyl groups excluding tert-OH is 1. The van der Waals surface area contributed by atoms with Gasteiger partial charge in [-0.2, -0.15) is 0 Å². The summed E-state index contributed by atoms with van der Waals surface area (Å²) < 4.78 is 0.